The third-order valence-electron chi connectivity index (χ3n) is 6.93. The fourth-order valence-electron chi connectivity index (χ4n) is 4.76. The molecule has 3 atom stereocenters. The van der Waals surface area contributed by atoms with Gasteiger partial charge in [0, 0.05) is 34.9 Å². The van der Waals surface area contributed by atoms with Crippen LogP contribution in [0.15, 0.2) is 77.7 Å². The second-order valence-corrected chi connectivity index (χ2v) is 11.4. The molecule has 0 radical (unpaired) electrons. The van der Waals surface area contributed by atoms with Crippen LogP contribution in [0.1, 0.15) is 40.4 Å². The molecule has 5 nitrogen and oxygen atoms in total. The molecule has 0 saturated carbocycles. The maximum Gasteiger partial charge on any atom is 0.416 e. The lowest BCUT2D eigenvalue weighted by atomic mass is 9.92. The van der Waals surface area contributed by atoms with Crippen LogP contribution in [0.3, 0.4) is 0 Å². The molecule has 0 bridgehead atoms. The average Bonchev–Trinajstić information content (AvgIpc) is 3.32. The van der Waals surface area contributed by atoms with Crippen molar-refractivity contribution >= 4 is 22.4 Å². The molecule has 0 spiro atoms. The number of rotatable bonds is 10. The van der Waals surface area contributed by atoms with Crippen molar-refractivity contribution in [3.05, 3.63) is 95.1 Å². The molecule has 1 aliphatic rings. The predicted molar refractivity (Wildman–Crippen MR) is 143 cm³/mol. The molecule has 4 rings (SSSR count). The number of carbonyl (C=O) groups is 1. The molecule has 220 valence electrons. The lowest BCUT2D eigenvalue weighted by Crippen LogP contribution is -2.34. The van der Waals surface area contributed by atoms with Crippen LogP contribution in [0.2, 0.25) is 0 Å². The van der Waals surface area contributed by atoms with E-state index >= 15 is 4.39 Å². The molecule has 1 saturated heterocycles. The Kier molecular flexibility index (Phi) is 9.43. The first-order valence-electron chi connectivity index (χ1n) is 12.8. The van der Waals surface area contributed by atoms with Gasteiger partial charge in [-0.15, -0.1) is 0 Å². The van der Waals surface area contributed by atoms with Gasteiger partial charge in [0.05, 0.1) is 35.6 Å². The molecule has 1 heterocycles. The first kappa shape index (κ1) is 30.6. The van der Waals surface area contributed by atoms with E-state index in [-0.39, 0.29) is 31.0 Å². The van der Waals surface area contributed by atoms with Gasteiger partial charge in [-0.05, 0) is 59.7 Å². The average molecular weight is 599 g/mol. The SMILES string of the molecule is CCS(=O)c1ccc(CNC(=O)c2ccc(N3CC(F)(c4ccc(C(F)(F)F)cc4)CC3COC(F)F)cc2)cc1. The molecule has 0 aliphatic carbocycles. The molecular formula is C29H28F6N2O3S. The monoisotopic (exact) mass is 598 g/mol. The van der Waals surface area contributed by atoms with Gasteiger partial charge in [0.2, 0.25) is 0 Å². The van der Waals surface area contributed by atoms with Crippen molar-refractivity contribution in [2.24, 2.45) is 0 Å². The number of amides is 1. The zero-order valence-corrected chi connectivity index (χ0v) is 22.8. The number of halogens is 6. The normalized spacial score (nSPS) is 19.9. The van der Waals surface area contributed by atoms with Crippen LogP contribution in [0.4, 0.5) is 32.0 Å². The smallest absolute Gasteiger partial charge is 0.363 e. The van der Waals surface area contributed by atoms with Crippen LogP contribution in [-0.4, -0.2) is 41.7 Å². The maximum atomic E-state index is 16.1. The minimum Gasteiger partial charge on any atom is -0.363 e. The van der Waals surface area contributed by atoms with Crippen molar-refractivity contribution < 1.29 is 40.1 Å². The Hall–Kier alpha value is -3.38. The summed E-state index contributed by atoms with van der Waals surface area (Å²) in [6.45, 7) is -1.83. The van der Waals surface area contributed by atoms with Gasteiger partial charge >= 0.3 is 12.8 Å². The highest BCUT2D eigenvalue weighted by atomic mass is 32.2. The van der Waals surface area contributed by atoms with E-state index in [0.29, 0.717) is 21.9 Å². The highest BCUT2D eigenvalue weighted by Gasteiger charge is 2.46. The molecular weight excluding hydrogens is 570 g/mol. The number of hydrogen-bond donors (Lipinski definition) is 1. The highest BCUT2D eigenvalue weighted by molar-refractivity contribution is 7.85. The fraction of sp³-hybridized carbons (Fsp3) is 0.345. The number of ether oxygens (including phenoxy) is 1. The molecule has 3 unspecified atom stereocenters. The lowest BCUT2D eigenvalue weighted by Gasteiger charge is -2.26. The Morgan fingerprint density at radius 1 is 1.05 bits per heavy atom. The van der Waals surface area contributed by atoms with Crippen LogP contribution in [0.25, 0.3) is 0 Å². The summed E-state index contributed by atoms with van der Waals surface area (Å²) >= 11 is 0. The minimum absolute atomic E-state index is 0.0000118. The zero-order valence-electron chi connectivity index (χ0n) is 22.0. The quantitative estimate of drug-likeness (QED) is 0.273. The number of carbonyl (C=O) groups excluding carboxylic acids is 1. The summed E-state index contributed by atoms with van der Waals surface area (Å²) in [5, 5.41) is 2.79. The van der Waals surface area contributed by atoms with E-state index in [1.54, 1.807) is 36.4 Å². The molecule has 1 aliphatic heterocycles. The van der Waals surface area contributed by atoms with Crippen LogP contribution in [0, 0.1) is 0 Å². The second kappa shape index (κ2) is 12.6. The second-order valence-electron chi connectivity index (χ2n) is 9.63. The van der Waals surface area contributed by atoms with E-state index in [9.17, 15) is 31.0 Å². The molecule has 1 N–H and O–H groups in total. The predicted octanol–water partition coefficient (Wildman–Crippen LogP) is 6.45. The molecule has 1 fully saturated rings. The summed E-state index contributed by atoms with van der Waals surface area (Å²) in [6, 6.07) is 16.0. The number of alkyl halides is 6. The summed E-state index contributed by atoms with van der Waals surface area (Å²) < 4.78 is 96.9. The molecule has 3 aromatic carbocycles. The summed E-state index contributed by atoms with van der Waals surface area (Å²) in [5.74, 6) is 0.131. The molecule has 3 aromatic rings. The van der Waals surface area contributed by atoms with E-state index in [1.807, 2.05) is 6.92 Å². The molecule has 41 heavy (non-hydrogen) atoms. The van der Waals surface area contributed by atoms with Gasteiger partial charge in [0.1, 0.15) is 0 Å². The molecule has 12 heteroatoms. The zero-order chi connectivity index (χ0) is 29.8. The van der Waals surface area contributed by atoms with Gasteiger partial charge in [0.15, 0.2) is 5.67 Å². The van der Waals surface area contributed by atoms with Crippen molar-refractivity contribution in [2.45, 2.75) is 49.3 Å². The first-order valence-corrected chi connectivity index (χ1v) is 14.1. The van der Waals surface area contributed by atoms with Gasteiger partial charge in [-0.2, -0.15) is 22.0 Å². The van der Waals surface area contributed by atoms with Crippen molar-refractivity contribution in [2.75, 3.05) is 23.8 Å². The number of anilines is 1. The lowest BCUT2D eigenvalue weighted by molar-refractivity contribution is -0.137. The van der Waals surface area contributed by atoms with Gasteiger partial charge in [-0.25, -0.2) is 4.39 Å². The summed E-state index contributed by atoms with van der Waals surface area (Å²) in [6.07, 6.45) is -4.86. The van der Waals surface area contributed by atoms with Gasteiger partial charge in [0.25, 0.3) is 5.91 Å². The third kappa shape index (κ3) is 7.48. The Labute approximate surface area is 236 Å². The van der Waals surface area contributed by atoms with Gasteiger partial charge in [-0.3, -0.25) is 9.00 Å². The molecule has 0 aromatic heterocycles. The van der Waals surface area contributed by atoms with E-state index in [4.69, 9.17) is 0 Å². The topological polar surface area (TPSA) is 58.6 Å². The van der Waals surface area contributed by atoms with E-state index in [0.717, 1.165) is 29.8 Å². The Bertz CT molecular complexity index is 1350. The number of benzene rings is 3. The third-order valence-corrected chi connectivity index (χ3v) is 8.25. The standard InChI is InChI=1S/C29H28F6N2O3S/c1-2-41(39)25-13-3-19(4-14-25)16-36-26(38)20-5-11-23(12-6-20)37-18-28(32,15-24(37)17-40-27(30)31)21-7-9-22(10-8-21)29(33,34)35/h3-14,24,27H,2,15-18H2,1H3,(H,36,38). The minimum atomic E-state index is -4.58. The van der Waals surface area contributed by atoms with E-state index in [2.05, 4.69) is 10.1 Å². The summed E-state index contributed by atoms with van der Waals surface area (Å²) in [4.78, 5) is 14.9. The Morgan fingerprint density at radius 3 is 2.24 bits per heavy atom. The Balaban J connectivity index is 1.46. The number of nitrogens with one attached hydrogen (secondary N) is 1. The number of nitrogens with zero attached hydrogens (tertiary/aromatic N) is 1. The maximum absolute atomic E-state index is 16.1. The van der Waals surface area contributed by atoms with Crippen LogP contribution in [-0.2, 0) is 33.9 Å². The number of hydrogen-bond acceptors (Lipinski definition) is 4. The van der Waals surface area contributed by atoms with Crippen molar-refractivity contribution in [3.63, 3.8) is 0 Å². The molecule has 1 amide bonds. The van der Waals surface area contributed by atoms with E-state index < -0.39 is 47.5 Å². The fourth-order valence-corrected chi connectivity index (χ4v) is 5.54. The van der Waals surface area contributed by atoms with Crippen molar-refractivity contribution in [1.29, 1.82) is 0 Å². The van der Waals surface area contributed by atoms with E-state index in [1.165, 1.54) is 17.0 Å². The first-order chi connectivity index (χ1) is 19.4. The highest BCUT2D eigenvalue weighted by Crippen LogP contribution is 2.43. The largest absolute Gasteiger partial charge is 0.416 e. The van der Waals surface area contributed by atoms with Crippen LogP contribution >= 0.6 is 0 Å². The summed E-state index contributed by atoms with van der Waals surface area (Å²) in [7, 11) is -1.07. The van der Waals surface area contributed by atoms with Crippen molar-refractivity contribution in [3.8, 4) is 0 Å². The van der Waals surface area contributed by atoms with Gasteiger partial charge < -0.3 is 15.0 Å². The van der Waals surface area contributed by atoms with Crippen LogP contribution in [0.5, 0.6) is 0 Å². The van der Waals surface area contributed by atoms with Crippen molar-refractivity contribution in [1.82, 2.24) is 5.32 Å². The Morgan fingerprint density at radius 2 is 1.68 bits per heavy atom. The summed E-state index contributed by atoms with van der Waals surface area (Å²) in [5.41, 5.74) is -1.47. The van der Waals surface area contributed by atoms with Crippen LogP contribution < -0.4 is 10.2 Å². The van der Waals surface area contributed by atoms with Gasteiger partial charge in [-0.1, -0.05) is 31.2 Å².